The lowest BCUT2D eigenvalue weighted by molar-refractivity contribution is 0.0725. The van der Waals surface area contributed by atoms with Crippen molar-refractivity contribution in [3.8, 4) is 16.3 Å². The Kier molecular flexibility index (Phi) is 5.14. The van der Waals surface area contributed by atoms with Crippen LogP contribution in [0.2, 0.25) is 5.02 Å². The zero-order valence-corrected chi connectivity index (χ0v) is 16.5. The summed E-state index contributed by atoms with van der Waals surface area (Å²) in [7, 11) is 1.65. The lowest BCUT2D eigenvalue weighted by Gasteiger charge is -2.21. The predicted molar refractivity (Wildman–Crippen MR) is 108 cm³/mol. The van der Waals surface area contributed by atoms with E-state index in [9.17, 15) is 4.79 Å². The number of carbonyl (C=O) groups excluding carboxylic acids is 1. The Morgan fingerprint density at radius 3 is 2.52 bits per heavy atom. The summed E-state index contributed by atoms with van der Waals surface area (Å²) in [6, 6.07) is 15.7. The molecule has 4 rings (SSSR count). The SMILES string of the molecule is COc1ccc(CN(C(=O)c2csc(-c3ccc(Cl)cc3)n2)C2CC2)cc1. The third kappa shape index (κ3) is 4.15. The van der Waals surface area contributed by atoms with Crippen LogP contribution < -0.4 is 4.74 Å². The van der Waals surface area contributed by atoms with Crippen LogP contribution in [0.4, 0.5) is 0 Å². The Morgan fingerprint density at radius 2 is 1.89 bits per heavy atom. The molecule has 0 radical (unpaired) electrons. The summed E-state index contributed by atoms with van der Waals surface area (Å²) in [6.07, 6.45) is 2.10. The summed E-state index contributed by atoms with van der Waals surface area (Å²) >= 11 is 7.43. The fourth-order valence-corrected chi connectivity index (χ4v) is 3.85. The topological polar surface area (TPSA) is 42.4 Å². The van der Waals surface area contributed by atoms with Gasteiger partial charge in [-0.3, -0.25) is 4.79 Å². The van der Waals surface area contributed by atoms with E-state index in [0.29, 0.717) is 23.3 Å². The first-order valence-electron chi connectivity index (χ1n) is 8.79. The average Bonchev–Trinajstić information content (AvgIpc) is 3.42. The summed E-state index contributed by atoms with van der Waals surface area (Å²) in [4.78, 5) is 19.6. The normalized spacial score (nSPS) is 13.4. The van der Waals surface area contributed by atoms with Gasteiger partial charge in [0, 0.05) is 28.6 Å². The van der Waals surface area contributed by atoms with Crippen molar-refractivity contribution in [1.82, 2.24) is 9.88 Å². The van der Waals surface area contributed by atoms with Crippen LogP contribution in [0.25, 0.3) is 10.6 Å². The van der Waals surface area contributed by atoms with Crippen molar-refractivity contribution in [3.05, 3.63) is 70.2 Å². The van der Waals surface area contributed by atoms with E-state index in [-0.39, 0.29) is 5.91 Å². The highest BCUT2D eigenvalue weighted by atomic mass is 35.5. The molecule has 0 saturated heterocycles. The molecule has 0 aliphatic heterocycles. The van der Waals surface area contributed by atoms with Gasteiger partial charge in [-0.25, -0.2) is 4.98 Å². The van der Waals surface area contributed by atoms with Gasteiger partial charge in [0.15, 0.2) is 0 Å². The van der Waals surface area contributed by atoms with Crippen LogP contribution in [0.5, 0.6) is 5.75 Å². The van der Waals surface area contributed by atoms with Crippen molar-refractivity contribution in [1.29, 1.82) is 0 Å². The smallest absolute Gasteiger partial charge is 0.273 e. The minimum atomic E-state index is -0.00946. The summed E-state index contributed by atoms with van der Waals surface area (Å²) in [5.41, 5.74) is 2.56. The molecule has 6 heteroatoms. The first-order valence-corrected chi connectivity index (χ1v) is 10.0. The van der Waals surface area contributed by atoms with Gasteiger partial charge in [0.2, 0.25) is 0 Å². The number of ether oxygens (including phenoxy) is 1. The van der Waals surface area contributed by atoms with Gasteiger partial charge in [0.1, 0.15) is 16.5 Å². The molecule has 0 unspecified atom stereocenters. The standard InChI is InChI=1S/C21H19ClN2O2S/c1-26-18-10-2-14(3-11-18)12-24(17-8-9-17)21(25)19-13-27-20(23-19)15-4-6-16(22)7-5-15/h2-7,10-11,13,17H,8-9,12H2,1H3. The molecule has 0 atom stereocenters. The van der Waals surface area contributed by atoms with E-state index in [1.165, 1.54) is 11.3 Å². The molecular weight excluding hydrogens is 380 g/mol. The van der Waals surface area contributed by atoms with E-state index < -0.39 is 0 Å². The Hall–Kier alpha value is -2.37. The maximum absolute atomic E-state index is 13.1. The number of aromatic nitrogens is 1. The third-order valence-electron chi connectivity index (χ3n) is 4.57. The number of hydrogen-bond acceptors (Lipinski definition) is 4. The van der Waals surface area contributed by atoms with Gasteiger partial charge in [-0.05, 0) is 42.7 Å². The molecule has 2 aromatic carbocycles. The molecule has 0 bridgehead atoms. The molecule has 138 valence electrons. The summed E-state index contributed by atoms with van der Waals surface area (Å²) in [5, 5.41) is 3.36. The molecule has 0 N–H and O–H groups in total. The number of nitrogens with zero attached hydrogens (tertiary/aromatic N) is 2. The van der Waals surface area contributed by atoms with Gasteiger partial charge < -0.3 is 9.64 Å². The van der Waals surface area contributed by atoms with Gasteiger partial charge in [-0.1, -0.05) is 35.9 Å². The van der Waals surface area contributed by atoms with Crippen molar-refractivity contribution < 1.29 is 9.53 Å². The molecule has 1 aliphatic carbocycles. The highest BCUT2D eigenvalue weighted by molar-refractivity contribution is 7.13. The molecule has 3 aromatic rings. The van der Waals surface area contributed by atoms with Crippen LogP contribution in [-0.2, 0) is 6.54 Å². The molecule has 1 amide bonds. The highest BCUT2D eigenvalue weighted by Crippen LogP contribution is 2.31. The van der Waals surface area contributed by atoms with Crippen LogP contribution in [0.1, 0.15) is 28.9 Å². The zero-order chi connectivity index (χ0) is 18.8. The third-order valence-corrected chi connectivity index (χ3v) is 5.72. The van der Waals surface area contributed by atoms with Gasteiger partial charge in [-0.2, -0.15) is 0 Å². The van der Waals surface area contributed by atoms with Gasteiger partial charge in [0.05, 0.1) is 7.11 Å². The first kappa shape index (κ1) is 18.0. The van der Waals surface area contributed by atoms with E-state index in [0.717, 1.165) is 34.7 Å². The maximum Gasteiger partial charge on any atom is 0.273 e. The lowest BCUT2D eigenvalue weighted by Crippen LogP contribution is -2.32. The molecule has 27 heavy (non-hydrogen) atoms. The fourth-order valence-electron chi connectivity index (χ4n) is 2.92. The monoisotopic (exact) mass is 398 g/mol. The van der Waals surface area contributed by atoms with Gasteiger partial charge in [0.25, 0.3) is 5.91 Å². The predicted octanol–water partition coefficient (Wildman–Crippen LogP) is 5.28. The van der Waals surface area contributed by atoms with Crippen LogP contribution in [0.15, 0.2) is 53.9 Å². The maximum atomic E-state index is 13.1. The minimum Gasteiger partial charge on any atom is -0.497 e. The summed E-state index contributed by atoms with van der Waals surface area (Å²) in [6.45, 7) is 0.585. The van der Waals surface area contributed by atoms with Crippen molar-refractivity contribution in [3.63, 3.8) is 0 Å². The van der Waals surface area contributed by atoms with Crippen molar-refractivity contribution >= 4 is 28.8 Å². The second-order valence-electron chi connectivity index (χ2n) is 6.56. The molecule has 0 spiro atoms. The fraction of sp³-hybridized carbons (Fsp3) is 0.238. The largest absolute Gasteiger partial charge is 0.497 e. The lowest BCUT2D eigenvalue weighted by atomic mass is 10.2. The molecule has 1 aliphatic rings. The number of rotatable bonds is 6. The summed E-state index contributed by atoms with van der Waals surface area (Å²) in [5.74, 6) is 0.805. The molecule has 1 heterocycles. The molecule has 1 aromatic heterocycles. The van der Waals surface area contributed by atoms with Gasteiger partial charge in [-0.15, -0.1) is 11.3 Å². The van der Waals surface area contributed by atoms with Crippen LogP contribution in [0, 0.1) is 0 Å². The van der Waals surface area contributed by atoms with Crippen LogP contribution >= 0.6 is 22.9 Å². The number of methoxy groups -OCH3 is 1. The van der Waals surface area contributed by atoms with E-state index >= 15 is 0 Å². The van der Waals surface area contributed by atoms with E-state index in [4.69, 9.17) is 16.3 Å². The highest BCUT2D eigenvalue weighted by Gasteiger charge is 2.34. The van der Waals surface area contributed by atoms with Crippen LogP contribution in [0.3, 0.4) is 0 Å². The molecule has 1 fully saturated rings. The number of thiazole rings is 1. The van der Waals surface area contributed by atoms with Crippen LogP contribution in [-0.4, -0.2) is 28.9 Å². The number of hydrogen-bond donors (Lipinski definition) is 0. The Bertz CT molecular complexity index is 934. The molecule has 4 nitrogen and oxygen atoms in total. The first-order chi connectivity index (χ1) is 13.1. The number of carbonyl (C=O) groups is 1. The average molecular weight is 399 g/mol. The number of halogens is 1. The van der Waals surface area contributed by atoms with E-state index in [1.807, 2.05) is 58.8 Å². The molecular formula is C21H19ClN2O2S. The Morgan fingerprint density at radius 1 is 1.19 bits per heavy atom. The van der Waals surface area contributed by atoms with E-state index in [1.54, 1.807) is 7.11 Å². The second kappa shape index (κ2) is 7.71. The Balaban J connectivity index is 1.53. The second-order valence-corrected chi connectivity index (χ2v) is 7.85. The molecule has 1 saturated carbocycles. The minimum absolute atomic E-state index is 0.00946. The zero-order valence-electron chi connectivity index (χ0n) is 14.9. The Labute approximate surface area is 167 Å². The van der Waals surface area contributed by atoms with Crippen molar-refractivity contribution in [2.75, 3.05) is 7.11 Å². The summed E-state index contributed by atoms with van der Waals surface area (Å²) < 4.78 is 5.21. The number of amides is 1. The van der Waals surface area contributed by atoms with Crippen molar-refractivity contribution in [2.24, 2.45) is 0 Å². The quantitative estimate of drug-likeness (QED) is 0.567. The number of benzene rings is 2. The van der Waals surface area contributed by atoms with Crippen molar-refractivity contribution in [2.45, 2.75) is 25.4 Å². The van der Waals surface area contributed by atoms with E-state index in [2.05, 4.69) is 4.98 Å². The van der Waals surface area contributed by atoms with Gasteiger partial charge >= 0.3 is 0 Å².